The zero-order valence-electron chi connectivity index (χ0n) is 17.4. The molecule has 2 N–H and O–H groups in total. The fourth-order valence-corrected chi connectivity index (χ4v) is 2.50. The number of primary amides is 1. The highest BCUT2D eigenvalue weighted by atomic mass is 16.6. The zero-order valence-corrected chi connectivity index (χ0v) is 17.4. The molecule has 0 aromatic carbocycles. The molecule has 0 aromatic heterocycles. The number of nitrogens with zero attached hydrogens (tertiary/aromatic N) is 3. The van der Waals surface area contributed by atoms with Gasteiger partial charge in [0.15, 0.2) is 0 Å². The number of carbonyl (C=O) groups is 1. The molecule has 1 unspecified atom stereocenters. The Morgan fingerprint density at radius 1 is 0.964 bits per heavy atom. The van der Waals surface area contributed by atoms with Crippen molar-refractivity contribution in [3.63, 3.8) is 0 Å². The normalized spacial score (nSPS) is 11.8. The average Bonchev–Trinajstić information content (AvgIpc) is 2.68. The zero-order chi connectivity index (χ0) is 20.7. The summed E-state index contributed by atoms with van der Waals surface area (Å²) in [4.78, 5) is 13.2. The molecule has 0 aliphatic heterocycles. The summed E-state index contributed by atoms with van der Waals surface area (Å²) < 4.78 is 21.9. The Kier molecular flexibility index (Phi) is 20.6. The van der Waals surface area contributed by atoms with Gasteiger partial charge in [0.25, 0.3) is 0 Å². The van der Waals surface area contributed by atoms with E-state index in [4.69, 9.17) is 25.5 Å². The molecular formula is C19H38N4O5. The number of nitrogens with two attached hydrogens (primary N) is 1. The Bertz CT molecular complexity index is 406. The van der Waals surface area contributed by atoms with Crippen molar-refractivity contribution in [2.45, 2.75) is 70.8 Å². The number of carbonyl (C=O) groups excluding carboxylic acids is 1. The van der Waals surface area contributed by atoms with Gasteiger partial charge in [-0.3, -0.25) is 0 Å². The molecule has 0 radical (unpaired) electrons. The molecule has 9 nitrogen and oxygen atoms in total. The van der Waals surface area contributed by atoms with Crippen LogP contribution >= 0.6 is 0 Å². The Labute approximate surface area is 168 Å². The second kappa shape index (κ2) is 21.8. The molecule has 0 aliphatic rings. The first kappa shape index (κ1) is 26.5. The summed E-state index contributed by atoms with van der Waals surface area (Å²) in [5.74, 6) is 0. The third-order valence-electron chi connectivity index (χ3n) is 4.05. The Morgan fingerprint density at radius 3 is 2.39 bits per heavy atom. The lowest BCUT2D eigenvalue weighted by Gasteiger charge is -2.18. The smallest absolute Gasteiger partial charge is 0.404 e. The van der Waals surface area contributed by atoms with E-state index in [9.17, 15) is 4.79 Å². The summed E-state index contributed by atoms with van der Waals surface area (Å²) in [7, 11) is 0. The topological polar surface area (TPSA) is 129 Å². The van der Waals surface area contributed by atoms with Crippen molar-refractivity contribution < 1.29 is 23.7 Å². The first-order valence-corrected chi connectivity index (χ1v) is 10.4. The average molecular weight is 403 g/mol. The molecule has 0 saturated heterocycles. The van der Waals surface area contributed by atoms with E-state index < -0.39 is 6.09 Å². The van der Waals surface area contributed by atoms with Crippen molar-refractivity contribution in [2.75, 3.05) is 46.2 Å². The molecule has 0 heterocycles. The first-order chi connectivity index (χ1) is 13.7. The molecular weight excluding hydrogens is 364 g/mol. The first-order valence-electron chi connectivity index (χ1n) is 10.4. The lowest BCUT2D eigenvalue weighted by Crippen LogP contribution is -2.22. The highest BCUT2D eigenvalue weighted by Gasteiger charge is 2.09. The van der Waals surface area contributed by atoms with Crippen LogP contribution in [0, 0.1) is 0 Å². The van der Waals surface area contributed by atoms with E-state index in [-0.39, 0.29) is 6.10 Å². The fourth-order valence-electron chi connectivity index (χ4n) is 2.50. The SMILES string of the molecule is CCCCC(COCCCCCOC(N)=O)OCCOCCCCCN=[N+]=[N-]. The number of unbranched alkanes of at least 4 members (excludes halogenated alkanes) is 5. The van der Waals surface area contributed by atoms with E-state index >= 15 is 0 Å². The minimum Gasteiger partial charge on any atom is -0.450 e. The Balaban J connectivity index is 3.59. The number of azide groups is 1. The summed E-state index contributed by atoms with van der Waals surface area (Å²) in [6, 6.07) is 0. The summed E-state index contributed by atoms with van der Waals surface area (Å²) in [5.41, 5.74) is 13.1. The van der Waals surface area contributed by atoms with Crippen LogP contribution < -0.4 is 5.73 Å². The van der Waals surface area contributed by atoms with E-state index in [1.165, 1.54) is 0 Å². The monoisotopic (exact) mass is 402 g/mol. The largest absolute Gasteiger partial charge is 0.450 e. The molecule has 0 rings (SSSR count). The summed E-state index contributed by atoms with van der Waals surface area (Å²) >= 11 is 0. The number of ether oxygens (including phenoxy) is 4. The Morgan fingerprint density at radius 2 is 1.68 bits per heavy atom. The molecule has 1 atom stereocenters. The lowest BCUT2D eigenvalue weighted by molar-refractivity contribution is -0.0427. The highest BCUT2D eigenvalue weighted by molar-refractivity contribution is 5.64. The van der Waals surface area contributed by atoms with Gasteiger partial charge in [0.1, 0.15) is 0 Å². The highest BCUT2D eigenvalue weighted by Crippen LogP contribution is 2.07. The number of amides is 1. The maximum atomic E-state index is 10.4. The molecule has 0 bridgehead atoms. The second-order valence-electron chi connectivity index (χ2n) is 6.57. The molecule has 0 aromatic rings. The van der Waals surface area contributed by atoms with Gasteiger partial charge >= 0.3 is 6.09 Å². The van der Waals surface area contributed by atoms with Crippen LogP contribution in [0.3, 0.4) is 0 Å². The maximum Gasteiger partial charge on any atom is 0.404 e. The molecule has 1 amide bonds. The standard InChI is InChI=1S/C19H38N4O5/c1-2-3-10-18(17-26-13-8-5-9-14-28-19(20)24)27-16-15-25-12-7-4-6-11-22-23-21/h18H,2-17H2,1H3,(H2,20,24). The molecule has 0 fully saturated rings. The van der Waals surface area contributed by atoms with Crippen molar-refractivity contribution in [2.24, 2.45) is 10.8 Å². The Hall–Kier alpha value is -1.54. The van der Waals surface area contributed by atoms with E-state index in [0.29, 0.717) is 46.2 Å². The third-order valence-corrected chi connectivity index (χ3v) is 4.05. The van der Waals surface area contributed by atoms with Crippen LogP contribution in [0.5, 0.6) is 0 Å². The van der Waals surface area contributed by atoms with Gasteiger partial charge in [-0.1, -0.05) is 31.3 Å². The maximum absolute atomic E-state index is 10.4. The van der Waals surface area contributed by atoms with Crippen LogP contribution in [0.4, 0.5) is 4.79 Å². The molecule has 9 heteroatoms. The van der Waals surface area contributed by atoms with E-state index in [0.717, 1.165) is 57.8 Å². The predicted molar refractivity (Wildman–Crippen MR) is 108 cm³/mol. The lowest BCUT2D eigenvalue weighted by atomic mass is 10.2. The van der Waals surface area contributed by atoms with E-state index in [1.807, 2.05) is 0 Å². The van der Waals surface area contributed by atoms with Crippen LogP contribution in [0.25, 0.3) is 10.4 Å². The van der Waals surface area contributed by atoms with Crippen molar-refractivity contribution in [1.29, 1.82) is 0 Å². The van der Waals surface area contributed by atoms with Crippen LogP contribution in [0.1, 0.15) is 64.7 Å². The molecule has 28 heavy (non-hydrogen) atoms. The van der Waals surface area contributed by atoms with Gasteiger partial charge in [0, 0.05) is 24.7 Å². The number of hydrogen-bond acceptors (Lipinski definition) is 6. The minimum atomic E-state index is -0.721. The van der Waals surface area contributed by atoms with Crippen molar-refractivity contribution >= 4 is 6.09 Å². The van der Waals surface area contributed by atoms with Gasteiger partial charge in [-0.15, -0.1) is 0 Å². The van der Waals surface area contributed by atoms with E-state index in [1.54, 1.807) is 0 Å². The predicted octanol–water partition coefficient (Wildman–Crippen LogP) is 4.34. The van der Waals surface area contributed by atoms with Gasteiger partial charge in [-0.25, -0.2) is 4.79 Å². The third kappa shape index (κ3) is 20.8. The van der Waals surface area contributed by atoms with Gasteiger partial charge < -0.3 is 24.7 Å². The van der Waals surface area contributed by atoms with Gasteiger partial charge in [0.2, 0.25) is 0 Å². The number of rotatable bonds is 21. The molecule has 0 saturated carbocycles. The van der Waals surface area contributed by atoms with Crippen LogP contribution in [-0.2, 0) is 18.9 Å². The van der Waals surface area contributed by atoms with Crippen LogP contribution in [-0.4, -0.2) is 58.4 Å². The molecule has 0 spiro atoms. The van der Waals surface area contributed by atoms with E-state index in [2.05, 4.69) is 21.7 Å². The van der Waals surface area contributed by atoms with Gasteiger partial charge in [-0.05, 0) is 44.1 Å². The van der Waals surface area contributed by atoms with Crippen molar-refractivity contribution in [1.82, 2.24) is 0 Å². The summed E-state index contributed by atoms with van der Waals surface area (Å²) in [6.45, 7) is 6.21. The minimum absolute atomic E-state index is 0.102. The van der Waals surface area contributed by atoms with Crippen LogP contribution in [0.2, 0.25) is 0 Å². The fraction of sp³-hybridized carbons (Fsp3) is 0.947. The molecule has 0 aliphatic carbocycles. The van der Waals surface area contributed by atoms with Gasteiger partial charge in [0.05, 0.1) is 32.5 Å². The summed E-state index contributed by atoms with van der Waals surface area (Å²) in [6.07, 6.45) is 8.14. The van der Waals surface area contributed by atoms with Crippen molar-refractivity contribution in [3.05, 3.63) is 10.4 Å². The number of hydrogen-bond donors (Lipinski definition) is 1. The summed E-state index contributed by atoms with van der Waals surface area (Å²) in [5, 5.41) is 3.50. The van der Waals surface area contributed by atoms with Crippen LogP contribution in [0.15, 0.2) is 5.11 Å². The van der Waals surface area contributed by atoms with Gasteiger partial charge in [-0.2, -0.15) is 0 Å². The second-order valence-corrected chi connectivity index (χ2v) is 6.57. The quantitative estimate of drug-likeness (QED) is 0.132. The van der Waals surface area contributed by atoms with Crippen molar-refractivity contribution in [3.8, 4) is 0 Å². The molecule has 164 valence electrons.